The maximum Gasteiger partial charge on any atom is 0.402 e. The number of ketones is 1. The number of alkyl halides is 3. The molecular weight excluding hydrogens is 441 g/mol. The minimum atomic E-state index is -4.68. The minimum absolute atomic E-state index is 0.0597. The van der Waals surface area contributed by atoms with Crippen molar-refractivity contribution in [3.63, 3.8) is 0 Å². The number of benzene rings is 2. The van der Waals surface area contributed by atoms with E-state index in [0.717, 1.165) is 11.1 Å². The Morgan fingerprint density at radius 3 is 2.38 bits per heavy atom. The number of carbonyl (C=O) groups excluding carboxylic acids is 1. The second-order valence-corrected chi connectivity index (χ2v) is 9.05. The third kappa shape index (κ3) is 6.24. The van der Waals surface area contributed by atoms with Crippen LogP contribution in [0.3, 0.4) is 0 Å². The molecule has 0 saturated carbocycles. The van der Waals surface area contributed by atoms with E-state index >= 15 is 0 Å². The van der Waals surface area contributed by atoms with Crippen LogP contribution in [-0.2, 0) is 27.7 Å². The first kappa shape index (κ1) is 23.6. The van der Waals surface area contributed by atoms with E-state index in [4.69, 9.17) is 0 Å². The van der Waals surface area contributed by atoms with Gasteiger partial charge in [0.15, 0.2) is 0 Å². The summed E-state index contributed by atoms with van der Waals surface area (Å²) in [5.74, 6) is -0.193. The summed E-state index contributed by atoms with van der Waals surface area (Å²) in [5, 5.41) is 0. The number of aromatic nitrogens is 1. The highest BCUT2D eigenvalue weighted by atomic mass is 32.2. The molecule has 0 aliphatic carbocycles. The molecule has 1 N–H and O–H groups in total. The molecule has 168 valence electrons. The first-order chi connectivity index (χ1) is 15.0. The SMILES string of the molecule is Cc1cccnc1CC(=O)Cc1cc(S(=O)(=O)NCC(F)(F)F)ccc1-c1ccccc1. The van der Waals surface area contributed by atoms with Crippen molar-refractivity contribution in [2.75, 3.05) is 6.54 Å². The molecule has 3 aromatic rings. The highest BCUT2D eigenvalue weighted by Crippen LogP contribution is 2.27. The van der Waals surface area contributed by atoms with Crippen LogP contribution in [-0.4, -0.2) is 31.9 Å². The van der Waals surface area contributed by atoms with E-state index in [9.17, 15) is 26.4 Å². The molecular formula is C23H21F3N2O3S. The van der Waals surface area contributed by atoms with Crippen molar-refractivity contribution in [1.29, 1.82) is 0 Å². The van der Waals surface area contributed by atoms with Crippen LogP contribution >= 0.6 is 0 Å². The summed E-state index contributed by atoms with van der Waals surface area (Å²) in [6.45, 7) is 0.160. The maximum absolute atomic E-state index is 12.8. The number of carbonyl (C=O) groups is 1. The van der Waals surface area contributed by atoms with Crippen LogP contribution in [0.5, 0.6) is 0 Å². The Balaban J connectivity index is 1.94. The monoisotopic (exact) mass is 462 g/mol. The molecule has 0 bridgehead atoms. The fourth-order valence-electron chi connectivity index (χ4n) is 3.21. The number of halogens is 3. The Hall–Kier alpha value is -3.04. The molecule has 1 heterocycles. The molecule has 3 rings (SSSR count). The predicted octanol–water partition coefficient (Wildman–Crippen LogP) is 4.25. The Labute approximate surface area is 184 Å². The van der Waals surface area contributed by atoms with E-state index in [2.05, 4.69) is 4.98 Å². The van der Waals surface area contributed by atoms with Gasteiger partial charge in [-0.2, -0.15) is 13.2 Å². The third-order valence-corrected chi connectivity index (χ3v) is 6.20. The van der Waals surface area contributed by atoms with Crippen molar-refractivity contribution in [2.45, 2.75) is 30.8 Å². The summed E-state index contributed by atoms with van der Waals surface area (Å²) in [5.41, 5.74) is 3.28. The Kier molecular flexibility index (Phi) is 7.10. The molecule has 0 aliphatic rings. The smallest absolute Gasteiger partial charge is 0.299 e. The van der Waals surface area contributed by atoms with Crippen molar-refractivity contribution in [2.24, 2.45) is 0 Å². The quantitative estimate of drug-likeness (QED) is 0.543. The van der Waals surface area contributed by atoms with Gasteiger partial charge in [-0.3, -0.25) is 9.78 Å². The maximum atomic E-state index is 12.8. The van der Waals surface area contributed by atoms with Crippen molar-refractivity contribution >= 4 is 15.8 Å². The van der Waals surface area contributed by atoms with Crippen molar-refractivity contribution in [3.8, 4) is 11.1 Å². The van der Waals surface area contributed by atoms with Gasteiger partial charge in [-0.25, -0.2) is 13.1 Å². The number of hydrogen-bond donors (Lipinski definition) is 1. The van der Waals surface area contributed by atoms with Gasteiger partial charge in [-0.05, 0) is 47.4 Å². The number of aryl methyl sites for hydroxylation is 1. The minimum Gasteiger partial charge on any atom is -0.299 e. The molecule has 5 nitrogen and oxygen atoms in total. The van der Waals surface area contributed by atoms with Gasteiger partial charge in [-0.15, -0.1) is 0 Å². The summed E-state index contributed by atoms with van der Waals surface area (Å²) in [6, 6.07) is 16.6. The normalized spacial score (nSPS) is 12.0. The average molecular weight is 462 g/mol. The topological polar surface area (TPSA) is 76.1 Å². The average Bonchev–Trinajstić information content (AvgIpc) is 2.74. The van der Waals surface area contributed by atoms with Gasteiger partial charge >= 0.3 is 6.18 Å². The first-order valence-corrected chi connectivity index (χ1v) is 11.2. The highest BCUT2D eigenvalue weighted by Gasteiger charge is 2.30. The third-order valence-electron chi connectivity index (χ3n) is 4.80. The lowest BCUT2D eigenvalue weighted by Gasteiger charge is -2.14. The molecule has 0 spiro atoms. The van der Waals surface area contributed by atoms with E-state index in [1.54, 1.807) is 29.1 Å². The van der Waals surface area contributed by atoms with Crippen molar-refractivity contribution in [3.05, 3.63) is 83.7 Å². The molecule has 2 aromatic carbocycles. The lowest BCUT2D eigenvalue weighted by Crippen LogP contribution is -2.33. The second kappa shape index (κ2) is 9.62. The zero-order chi connectivity index (χ0) is 23.4. The standard InChI is InChI=1S/C23H21F3N2O3S/c1-16-6-5-11-27-22(16)14-19(29)12-18-13-20(32(30,31)28-15-23(24,25)26)9-10-21(18)17-7-3-2-4-8-17/h2-11,13,28H,12,14-15H2,1H3. The van der Waals surface area contributed by atoms with E-state index in [-0.39, 0.29) is 23.5 Å². The molecule has 0 amide bonds. The van der Waals surface area contributed by atoms with E-state index in [1.165, 1.54) is 18.2 Å². The zero-order valence-electron chi connectivity index (χ0n) is 17.2. The van der Waals surface area contributed by atoms with Crippen LogP contribution in [0.25, 0.3) is 11.1 Å². The van der Waals surface area contributed by atoms with Crippen molar-refractivity contribution in [1.82, 2.24) is 9.71 Å². The molecule has 9 heteroatoms. The lowest BCUT2D eigenvalue weighted by atomic mass is 9.95. The molecule has 0 radical (unpaired) electrons. The van der Waals surface area contributed by atoms with Crippen LogP contribution in [0.15, 0.2) is 71.8 Å². The van der Waals surface area contributed by atoms with Gasteiger partial charge in [0, 0.05) is 19.0 Å². The summed E-state index contributed by atoms with van der Waals surface area (Å²) in [4.78, 5) is 16.7. The van der Waals surface area contributed by atoms with Crippen LogP contribution in [0.1, 0.15) is 16.8 Å². The molecule has 1 aromatic heterocycles. The molecule has 0 saturated heterocycles. The Morgan fingerprint density at radius 1 is 1.00 bits per heavy atom. The van der Waals surface area contributed by atoms with Gasteiger partial charge in [0.05, 0.1) is 10.6 Å². The Morgan fingerprint density at radius 2 is 1.72 bits per heavy atom. The number of hydrogen-bond acceptors (Lipinski definition) is 4. The largest absolute Gasteiger partial charge is 0.402 e. The lowest BCUT2D eigenvalue weighted by molar-refractivity contribution is -0.121. The highest BCUT2D eigenvalue weighted by molar-refractivity contribution is 7.89. The number of sulfonamides is 1. The van der Waals surface area contributed by atoms with Gasteiger partial charge in [0.25, 0.3) is 0 Å². The van der Waals surface area contributed by atoms with E-state index in [0.29, 0.717) is 16.8 Å². The molecule has 32 heavy (non-hydrogen) atoms. The summed E-state index contributed by atoms with van der Waals surface area (Å²) >= 11 is 0. The van der Waals surface area contributed by atoms with Crippen LogP contribution in [0, 0.1) is 6.92 Å². The molecule has 0 fully saturated rings. The number of rotatable bonds is 8. The van der Waals surface area contributed by atoms with E-state index in [1.807, 2.05) is 31.2 Å². The zero-order valence-corrected chi connectivity index (χ0v) is 18.0. The first-order valence-electron chi connectivity index (χ1n) is 9.72. The van der Waals surface area contributed by atoms with Crippen LogP contribution in [0.4, 0.5) is 13.2 Å². The number of nitrogens with one attached hydrogen (secondary N) is 1. The summed E-state index contributed by atoms with van der Waals surface area (Å²) in [6.07, 6.45) is -3.13. The number of pyridine rings is 1. The number of Topliss-reactive ketones (excluding diaryl/α,β-unsaturated/α-hetero) is 1. The van der Waals surface area contributed by atoms with Gasteiger partial charge in [0.2, 0.25) is 10.0 Å². The van der Waals surface area contributed by atoms with Crippen LogP contribution in [0.2, 0.25) is 0 Å². The predicted molar refractivity (Wildman–Crippen MR) is 115 cm³/mol. The van der Waals surface area contributed by atoms with E-state index < -0.39 is 22.7 Å². The fourth-order valence-corrected chi connectivity index (χ4v) is 4.27. The summed E-state index contributed by atoms with van der Waals surface area (Å²) in [7, 11) is -4.41. The molecule has 0 unspecified atom stereocenters. The fraction of sp³-hybridized carbons (Fsp3) is 0.217. The molecule has 0 atom stereocenters. The van der Waals surface area contributed by atoms with Crippen LogP contribution < -0.4 is 4.72 Å². The second-order valence-electron chi connectivity index (χ2n) is 7.28. The summed E-state index contributed by atoms with van der Waals surface area (Å²) < 4.78 is 63.8. The number of nitrogens with zero attached hydrogens (tertiary/aromatic N) is 1. The van der Waals surface area contributed by atoms with Gasteiger partial charge in [0.1, 0.15) is 12.3 Å². The van der Waals surface area contributed by atoms with Gasteiger partial charge in [-0.1, -0.05) is 42.5 Å². The Bertz CT molecular complexity index is 1210. The van der Waals surface area contributed by atoms with Gasteiger partial charge < -0.3 is 0 Å². The van der Waals surface area contributed by atoms with Crippen molar-refractivity contribution < 1.29 is 26.4 Å². The molecule has 0 aliphatic heterocycles.